The molecule has 11 heteroatoms. The number of aliphatic hydroxyl groups excluding tert-OH is 1. The Morgan fingerprint density at radius 1 is 0.909 bits per heavy atom. The van der Waals surface area contributed by atoms with Crippen LogP contribution < -0.4 is 0 Å². The monoisotopic (exact) mass is 358 g/mol. The SMILES string of the molecule is CC(CN1CCN(CC(O)CS(=O)(=O)[O-])CC1)CS(=O)(=O)[O-]. The van der Waals surface area contributed by atoms with Crippen molar-refractivity contribution in [2.45, 2.75) is 13.0 Å². The summed E-state index contributed by atoms with van der Waals surface area (Å²) >= 11 is 0. The molecule has 1 heterocycles. The van der Waals surface area contributed by atoms with Gasteiger partial charge in [0, 0.05) is 45.0 Å². The fourth-order valence-corrected chi connectivity index (χ4v) is 3.96. The highest BCUT2D eigenvalue weighted by molar-refractivity contribution is 7.85. The molecule has 0 aromatic carbocycles. The first-order chi connectivity index (χ1) is 9.94. The van der Waals surface area contributed by atoms with Gasteiger partial charge in [-0.05, 0) is 5.92 Å². The third-order valence-electron chi connectivity index (χ3n) is 3.39. The minimum absolute atomic E-state index is 0.111. The van der Waals surface area contributed by atoms with Crippen LogP contribution in [0.15, 0.2) is 0 Å². The molecule has 1 rings (SSSR count). The lowest BCUT2D eigenvalue weighted by Crippen LogP contribution is -2.50. The van der Waals surface area contributed by atoms with Crippen molar-refractivity contribution >= 4 is 20.2 Å². The Bertz CT molecular complexity index is 491. The Kier molecular flexibility index (Phi) is 7.18. The van der Waals surface area contributed by atoms with Crippen LogP contribution in [-0.4, -0.2) is 97.7 Å². The predicted molar refractivity (Wildman–Crippen MR) is 77.2 cm³/mol. The van der Waals surface area contributed by atoms with Crippen LogP contribution in [0.4, 0.5) is 0 Å². The van der Waals surface area contributed by atoms with E-state index in [1.165, 1.54) is 0 Å². The second kappa shape index (κ2) is 7.99. The van der Waals surface area contributed by atoms with E-state index in [0.717, 1.165) is 0 Å². The first kappa shape index (κ1) is 19.7. The average molecular weight is 358 g/mol. The van der Waals surface area contributed by atoms with E-state index in [-0.39, 0.29) is 12.5 Å². The Hall–Kier alpha value is -0.300. The van der Waals surface area contributed by atoms with Gasteiger partial charge in [0.15, 0.2) is 0 Å². The summed E-state index contributed by atoms with van der Waals surface area (Å²) in [5.74, 6) is -1.45. The Labute approximate surface area is 131 Å². The fourth-order valence-electron chi connectivity index (χ4n) is 2.58. The quantitative estimate of drug-likeness (QED) is 0.474. The van der Waals surface area contributed by atoms with Crippen LogP contribution in [0.1, 0.15) is 6.92 Å². The number of rotatable bonds is 8. The summed E-state index contributed by atoms with van der Waals surface area (Å²) in [6.45, 7) is 4.71. The molecule has 2 atom stereocenters. The van der Waals surface area contributed by atoms with Crippen LogP contribution in [0.25, 0.3) is 0 Å². The highest BCUT2D eigenvalue weighted by atomic mass is 32.2. The van der Waals surface area contributed by atoms with Crippen LogP contribution in [-0.2, 0) is 20.2 Å². The van der Waals surface area contributed by atoms with E-state index in [4.69, 9.17) is 0 Å². The lowest BCUT2D eigenvalue weighted by atomic mass is 10.2. The molecule has 2 unspecified atom stereocenters. The number of nitrogens with zero attached hydrogens (tertiary/aromatic N) is 2. The molecule has 9 nitrogen and oxygen atoms in total. The Morgan fingerprint density at radius 2 is 1.32 bits per heavy atom. The topological polar surface area (TPSA) is 141 Å². The first-order valence-electron chi connectivity index (χ1n) is 6.94. The van der Waals surface area contributed by atoms with Crippen LogP contribution >= 0.6 is 0 Å². The van der Waals surface area contributed by atoms with Gasteiger partial charge in [0.05, 0.1) is 32.1 Å². The smallest absolute Gasteiger partial charge is 0.0972 e. The van der Waals surface area contributed by atoms with E-state index in [1.54, 1.807) is 6.92 Å². The zero-order chi connectivity index (χ0) is 17.0. The number of hydrogen-bond acceptors (Lipinski definition) is 9. The van der Waals surface area contributed by atoms with Crippen LogP contribution in [0, 0.1) is 5.92 Å². The van der Waals surface area contributed by atoms with Crippen LogP contribution in [0.2, 0.25) is 0 Å². The minimum Gasteiger partial charge on any atom is -0.748 e. The van der Waals surface area contributed by atoms with Crippen molar-refractivity contribution in [2.75, 3.05) is 50.8 Å². The second-order valence-corrected chi connectivity index (χ2v) is 8.71. The molecular formula is C11H22N2O7S2-2. The van der Waals surface area contributed by atoms with Crippen molar-refractivity contribution in [3.63, 3.8) is 0 Å². The summed E-state index contributed by atoms with van der Waals surface area (Å²) < 4.78 is 63.7. The van der Waals surface area contributed by atoms with E-state index in [2.05, 4.69) is 0 Å². The predicted octanol–water partition coefficient (Wildman–Crippen LogP) is -2.31. The molecule has 0 saturated carbocycles. The first-order valence-corrected chi connectivity index (χ1v) is 10.1. The largest absolute Gasteiger partial charge is 0.748 e. The van der Waals surface area contributed by atoms with E-state index in [1.807, 2.05) is 9.80 Å². The number of β-amino-alcohol motifs (C(OH)–C–C–N with tert-alkyl or cyclic N) is 1. The maximum Gasteiger partial charge on any atom is 0.0972 e. The highest BCUT2D eigenvalue weighted by Crippen LogP contribution is 2.08. The van der Waals surface area contributed by atoms with Crippen molar-refractivity contribution in [1.29, 1.82) is 0 Å². The van der Waals surface area contributed by atoms with Crippen LogP contribution in [0.5, 0.6) is 0 Å². The maximum atomic E-state index is 10.7. The molecule has 0 bridgehead atoms. The summed E-state index contributed by atoms with van der Waals surface area (Å²) in [4.78, 5) is 3.87. The fraction of sp³-hybridized carbons (Fsp3) is 1.00. The molecule has 132 valence electrons. The summed E-state index contributed by atoms with van der Waals surface area (Å²) in [5, 5.41) is 9.54. The molecule has 1 fully saturated rings. The summed E-state index contributed by atoms with van der Waals surface area (Å²) in [6, 6.07) is 0. The second-order valence-electron chi connectivity index (χ2n) is 5.81. The maximum absolute atomic E-state index is 10.7. The van der Waals surface area contributed by atoms with E-state index >= 15 is 0 Å². The van der Waals surface area contributed by atoms with Crippen molar-refractivity contribution in [1.82, 2.24) is 9.80 Å². The molecule has 22 heavy (non-hydrogen) atoms. The van der Waals surface area contributed by atoms with Gasteiger partial charge >= 0.3 is 0 Å². The Balaban J connectivity index is 2.31. The number of aliphatic hydroxyl groups is 1. The van der Waals surface area contributed by atoms with Gasteiger partial charge in [-0.2, -0.15) is 0 Å². The third-order valence-corrected chi connectivity index (χ3v) is 5.16. The molecular weight excluding hydrogens is 336 g/mol. The van der Waals surface area contributed by atoms with Crippen LogP contribution in [0.3, 0.4) is 0 Å². The summed E-state index contributed by atoms with van der Waals surface area (Å²) in [6.07, 6.45) is -1.21. The lowest BCUT2D eigenvalue weighted by molar-refractivity contribution is 0.0769. The Morgan fingerprint density at radius 3 is 1.73 bits per heavy atom. The molecule has 0 spiro atoms. The molecule has 1 N–H and O–H groups in total. The molecule has 1 aliphatic rings. The normalized spacial score (nSPS) is 21.6. The zero-order valence-electron chi connectivity index (χ0n) is 12.4. The van der Waals surface area contributed by atoms with Crippen molar-refractivity contribution in [3.8, 4) is 0 Å². The number of hydrogen-bond donors (Lipinski definition) is 1. The third kappa shape index (κ3) is 8.98. The minimum atomic E-state index is -4.44. The van der Waals surface area contributed by atoms with Crippen molar-refractivity contribution in [2.24, 2.45) is 5.92 Å². The summed E-state index contributed by atoms with van der Waals surface area (Å²) in [7, 11) is -8.67. The van der Waals surface area contributed by atoms with Gasteiger partial charge < -0.3 is 19.1 Å². The van der Waals surface area contributed by atoms with Gasteiger partial charge in [-0.25, -0.2) is 16.8 Å². The van der Waals surface area contributed by atoms with Gasteiger partial charge in [0.25, 0.3) is 0 Å². The highest BCUT2D eigenvalue weighted by Gasteiger charge is 2.21. The molecule has 1 saturated heterocycles. The average Bonchev–Trinajstić information content (AvgIpc) is 2.26. The van der Waals surface area contributed by atoms with E-state index in [0.29, 0.717) is 32.7 Å². The van der Waals surface area contributed by atoms with Gasteiger partial charge in [-0.15, -0.1) is 0 Å². The van der Waals surface area contributed by atoms with E-state index < -0.39 is 37.8 Å². The molecule has 0 aromatic rings. The van der Waals surface area contributed by atoms with Gasteiger partial charge in [0.1, 0.15) is 0 Å². The van der Waals surface area contributed by atoms with Crippen molar-refractivity contribution in [3.05, 3.63) is 0 Å². The molecule has 1 aliphatic heterocycles. The van der Waals surface area contributed by atoms with Gasteiger partial charge in [-0.1, -0.05) is 6.92 Å². The van der Waals surface area contributed by atoms with E-state index in [9.17, 15) is 31.0 Å². The number of piperazine rings is 1. The molecule has 0 radical (unpaired) electrons. The zero-order valence-corrected chi connectivity index (χ0v) is 14.1. The molecule has 0 amide bonds. The van der Waals surface area contributed by atoms with Gasteiger partial charge in [-0.3, -0.25) is 4.90 Å². The molecule has 0 aliphatic carbocycles. The van der Waals surface area contributed by atoms with Gasteiger partial charge in [0.2, 0.25) is 0 Å². The van der Waals surface area contributed by atoms with Crippen molar-refractivity contribution < 1.29 is 31.0 Å². The standard InChI is InChI=1S/C11H24N2O7S2/c1-10(8-21(15,16)17)6-12-2-4-13(5-3-12)7-11(14)9-22(18,19)20/h10-11,14H,2-9H2,1H3,(H,15,16,17)(H,18,19,20)/p-2. The summed E-state index contributed by atoms with van der Waals surface area (Å²) in [5.41, 5.74) is 0. The lowest BCUT2D eigenvalue weighted by Gasteiger charge is -2.36. The molecule has 0 aromatic heterocycles.